The Hall–Kier alpha value is -1.43. The first-order chi connectivity index (χ1) is 9.04. The summed E-state index contributed by atoms with van der Waals surface area (Å²) in [5, 5.41) is 11.9. The third-order valence-corrected chi connectivity index (χ3v) is 4.37. The first-order valence-electron chi connectivity index (χ1n) is 6.13. The van der Waals surface area contributed by atoms with Gasteiger partial charge in [-0.25, -0.2) is 0 Å². The highest BCUT2D eigenvalue weighted by Crippen LogP contribution is 2.26. The fraction of sp³-hybridized carbons (Fsp3) is 0.462. The Bertz CT molecular complexity index is 519. The number of hydrogen-bond acceptors (Lipinski definition) is 3. The van der Waals surface area contributed by atoms with Gasteiger partial charge in [0.05, 0.1) is 4.92 Å². The van der Waals surface area contributed by atoms with Crippen molar-refractivity contribution in [3.63, 3.8) is 0 Å². The van der Waals surface area contributed by atoms with Gasteiger partial charge < -0.3 is 4.90 Å². The zero-order chi connectivity index (χ0) is 14.0. The molecule has 1 fully saturated rings. The van der Waals surface area contributed by atoms with E-state index in [9.17, 15) is 14.9 Å². The molecule has 1 saturated heterocycles. The van der Waals surface area contributed by atoms with Crippen LogP contribution >= 0.6 is 15.9 Å². The van der Waals surface area contributed by atoms with Crippen molar-refractivity contribution in [3.8, 4) is 0 Å². The summed E-state index contributed by atoms with van der Waals surface area (Å²) in [6.07, 6.45) is 0.941. The van der Waals surface area contributed by atoms with Gasteiger partial charge in [-0.2, -0.15) is 0 Å². The van der Waals surface area contributed by atoms with Crippen LogP contribution in [0.25, 0.3) is 0 Å². The molecular formula is C13H15BrN2O3. The molecule has 1 amide bonds. The van der Waals surface area contributed by atoms with Crippen LogP contribution < -0.4 is 0 Å². The normalized spacial score (nSPS) is 18.6. The maximum absolute atomic E-state index is 12.5. The number of carbonyl (C=O) groups excluding carboxylic acids is 1. The lowest BCUT2D eigenvalue weighted by atomic mass is 10.1. The Kier molecular flexibility index (Phi) is 4.19. The molecule has 2 rings (SSSR count). The molecule has 0 spiro atoms. The molecule has 1 aliphatic heterocycles. The summed E-state index contributed by atoms with van der Waals surface area (Å²) >= 11 is 3.42. The number of nitrogens with zero attached hydrogens (tertiary/aromatic N) is 2. The van der Waals surface area contributed by atoms with Gasteiger partial charge in [0.25, 0.3) is 11.6 Å². The van der Waals surface area contributed by atoms with Gasteiger partial charge in [-0.15, -0.1) is 0 Å². The van der Waals surface area contributed by atoms with Gasteiger partial charge in [-0.05, 0) is 24.8 Å². The summed E-state index contributed by atoms with van der Waals surface area (Å²) in [6.45, 7) is 3.06. The fourth-order valence-corrected chi connectivity index (χ4v) is 2.91. The summed E-state index contributed by atoms with van der Waals surface area (Å²) < 4.78 is 0. The zero-order valence-electron chi connectivity index (χ0n) is 10.6. The molecule has 0 radical (unpaired) electrons. The lowest BCUT2D eigenvalue weighted by Crippen LogP contribution is -2.30. The Morgan fingerprint density at radius 2 is 2.32 bits per heavy atom. The summed E-state index contributed by atoms with van der Waals surface area (Å²) in [7, 11) is 0. The minimum Gasteiger partial charge on any atom is -0.338 e. The van der Waals surface area contributed by atoms with E-state index in [1.54, 1.807) is 24.0 Å². The Morgan fingerprint density at radius 3 is 2.89 bits per heavy atom. The smallest absolute Gasteiger partial charge is 0.282 e. The number of nitro benzene ring substituents is 1. The molecule has 1 atom stereocenters. The number of aryl methyl sites for hydroxylation is 1. The SMILES string of the molecule is Cc1cccc([N+](=O)[O-])c1C(=O)N1CCC(CBr)C1. The number of halogens is 1. The number of hydrogen-bond donors (Lipinski definition) is 0. The van der Waals surface area contributed by atoms with Crippen molar-refractivity contribution in [2.24, 2.45) is 5.92 Å². The second-order valence-electron chi connectivity index (χ2n) is 4.79. The Morgan fingerprint density at radius 1 is 1.58 bits per heavy atom. The second kappa shape index (κ2) is 5.69. The fourth-order valence-electron chi connectivity index (χ4n) is 2.38. The van der Waals surface area contributed by atoms with Gasteiger partial charge in [-0.3, -0.25) is 14.9 Å². The van der Waals surface area contributed by atoms with Crippen LogP contribution in [0.5, 0.6) is 0 Å². The molecule has 0 aromatic heterocycles. The molecule has 1 aliphatic rings. The van der Waals surface area contributed by atoms with Crippen molar-refractivity contribution in [3.05, 3.63) is 39.4 Å². The lowest BCUT2D eigenvalue weighted by Gasteiger charge is -2.17. The highest BCUT2D eigenvalue weighted by molar-refractivity contribution is 9.09. The molecule has 5 nitrogen and oxygen atoms in total. The van der Waals surface area contributed by atoms with E-state index < -0.39 is 4.92 Å². The molecule has 19 heavy (non-hydrogen) atoms. The topological polar surface area (TPSA) is 63.5 Å². The van der Waals surface area contributed by atoms with E-state index in [4.69, 9.17) is 0 Å². The van der Waals surface area contributed by atoms with Crippen molar-refractivity contribution >= 4 is 27.5 Å². The van der Waals surface area contributed by atoms with Crippen LogP contribution in [-0.4, -0.2) is 34.2 Å². The van der Waals surface area contributed by atoms with Crippen LogP contribution in [-0.2, 0) is 0 Å². The van der Waals surface area contributed by atoms with Gasteiger partial charge in [0.1, 0.15) is 5.56 Å². The molecular weight excluding hydrogens is 312 g/mol. The second-order valence-corrected chi connectivity index (χ2v) is 5.43. The average Bonchev–Trinajstić information content (AvgIpc) is 2.86. The molecule has 0 bridgehead atoms. The number of likely N-dealkylation sites (tertiary alicyclic amines) is 1. The summed E-state index contributed by atoms with van der Waals surface area (Å²) in [6, 6.07) is 4.73. The number of alkyl halides is 1. The number of carbonyl (C=O) groups is 1. The molecule has 1 aromatic carbocycles. The summed E-state index contributed by atoms with van der Waals surface area (Å²) in [5.74, 6) is 0.209. The minimum absolute atomic E-state index is 0.104. The molecule has 102 valence electrons. The lowest BCUT2D eigenvalue weighted by molar-refractivity contribution is -0.385. The highest BCUT2D eigenvalue weighted by Gasteiger charge is 2.31. The first kappa shape index (κ1) is 14.0. The summed E-state index contributed by atoms with van der Waals surface area (Å²) in [5.41, 5.74) is 0.775. The van der Waals surface area contributed by atoms with Crippen LogP contribution in [0.1, 0.15) is 22.3 Å². The number of amides is 1. The van der Waals surface area contributed by atoms with Crippen LogP contribution in [0.2, 0.25) is 0 Å². The predicted octanol–water partition coefficient (Wildman–Crippen LogP) is 2.76. The summed E-state index contributed by atoms with van der Waals surface area (Å²) in [4.78, 5) is 24.7. The standard InChI is InChI=1S/C13H15BrN2O3/c1-9-3-2-4-11(16(18)19)12(9)13(17)15-6-5-10(7-14)8-15/h2-4,10H,5-8H2,1H3. The van der Waals surface area contributed by atoms with Crippen molar-refractivity contribution in [1.82, 2.24) is 4.90 Å². The van der Waals surface area contributed by atoms with Crippen molar-refractivity contribution in [1.29, 1.82) is 0 Å². The van der Waals surface area contributed by atoms with Gasteiger partial charge in [0.15, 0.2) is 0 Å². The number of rotatable bonds is 3. The van der Waals surface area contributed by atoms with Crippen LogP contribution in [0.4, 0.5) is 5.69 Å². The van der Waals surface area contributed by atoms with E-state index >= 15 is 0 Å². The first-order valence-corrected chi connectivity index (χ1v) is 7.26. The Balaban J connectivity index is 2.31. The maximum atomic E-state index is 12.5. The molecule has 1 unspecified atom stereocenters. The molecule has 0 aliphatic carbocycles. The van der Waals surface area contributed by atoms with E-state index in [1.165, 1.54) is 6.07 Å². The van der Waals surface area contributed by atoms with E-state index in [1.807, 2.05) is 0 Å². The van der Waals surface area contributed by atoms with Gasteiger partial charge in [-0.1, -0.05) is 28.1 Å². The highest BCUT2D eigenvalue weighted by atomic mass is 79.9. The van der Waals surface area contributed by atoms with E-state index in [0.29, 0.717) is 24.6 Å². The average molecular weight is 327 g/mol. The molecule has 6 heteroatoms. The van der Waals surface area contributed by atoms with Crippen LogP contribution in [0.3, 0.4) is 0 Å². The third kappa shape index (κ3) is 2.78. The quantitative estimate of drug-likeness (QED) is 0.487. The van der Waals surface area contributed by atoms with Gasteiger partial charge in [0.2, 0.25) is 0 Å². The molecule has 0 saturated carbocycles. The monoisotopic (exact) mass is 326 g/mol. The van der Waals surface area contributed by atoms with E-state index in [-0.39, 0.29) is 17.2 Å². The largest absolute Gasteiger partial charge is 0.338 e. The number of benzene rings is 1. The third-order valence-electron chi connectivity index (χ3n) is 3.45. The molecule has 0 N–H and O–H groups in total. The predicted molar refractivity (Wildman–Crippen MR) is 75.6 cm³/mol. The minimum atomic E-state index is -0.488. The van der Waals surface area contributed by atoms with Gasteiger partial charge in [0, 0.05) is 24.5 Å². The number of nitro groups is 1. The van der Waals surface area contributed by atoms with Crippen molar-refractivity contribution in [2.75, 3.05) is 18.4 Å². The van der Waals surface area contributed by atoms with Crippen LogP contribution in [0, 0.1) is 23.0 Å². The zero-order valence-corrected chi connectivity index (χ0v) is 12.2. The van der Waals surface area contributed by atoms with Crippen molar-refractivity contribution < 1.29 is 9.72 Å². The Labute approximate surface area is 119 Å². The maximum Gasteiger partial charge on any atom is 0.282 e. The van der Waals surface area contributed by atoms with E-state index in [0.717, 1.165) is 11.8 Å². The molecule has 1 aromatic rings. The van der Waals surface area contributed by atoms with Crippen LogP contribution in [0.15, 0.2) is 18.2 Å². The van der Waals surface area contributed by atoms with Crippen molar-refractivity contribution in [2.45, 2.75) is 13.3 Å². The molecule has 1 heterocycles. The van der Waals surface area contributed by atoms with Gasteiger partial charge >= 0.3 is 0 Å². The van der Waals surface area contributed by atoms with E-state index in [2.05, 4.69) is 15.9 Å².